The minimum absolute atomic E-state index is 0.167. The standard InChI is InChI=1S/C14H20FNO/c15-13-5-3-4-12(10-13)11-16-8-7-14-6-1-2-9-17-14/h3-5,10,14,16H,1-2,6-9,11H2. The molecule has 1 N–H and O–H groups in total. The lowest BCUT2D eigenvalue weighted by Gasteiger charge is -2.22. The molecular weight excluding hydrogens is 217 g/mol. The second-order valence-corrected chi connectivity index (χ2v) is 4.58. The maximum Gasteiger partial charge on any atom is 0.123 e. The van der Waals surface area contributed by atoms with Gasteiger partial charge in [-0.25, -0.2) is 4.39 Å². The summed E-state index contributed by atoms with van der Waals surface area (Å²) in [5.74, 6) is -0.167. The summed E-state index contributed by atoms with van der Waals surface area (Å²) in [4.78, 5) is 0. The van der Waals surface area contributed by atoms with Crippen LogP contribution in [0, 0.1) is 5.82 Å². The van der Waals surface area contributed by atoms with E-state index < -0.39 is 0 Å². The minimum atomic E-state index is -0.167. The second-order valence-electron chi connectivity index (χ2n) is 4.58. The molecular formula is C14H20FNO. The summed E-state index contributed by atoms with van der Waals surface area (Å²) in [6, 6.07) is 6.73. The van der Waals surface area contributed by atoms with Crippen LogP contribution >= 0.6 is 0 Å². The first-order chi connectivity index (χ1) is 8.34. The van der Waals surface area contributed by atoms with Crippen molar-refractivity contribution in [3.63, 3.8) is 0 Å². The molecule has 0 bridgehead atoms. The van der Waals surface area contributed by atoms with Gasteiger partial charge in [0, 0.05) is 13.2 Å². The molecule has 0 spiro atoms. The summed E-state index contributed by atoms with van der Waals surface area (Å²) in [5, 5.41) is 3.33. The van der Waals surface area contributed by atoms with Gasteiger partial charge in [0.15, 0.2) is 0 Å². The Balaban J connectivity index is 1.62. The fraction of sp³-hybridized carbons (Fsp3) is 0.571. The lowest BCUT2D eigenvalue weighted by molar-refractivity contribution is 0.0115. The first-order valence-corrected chi connectivity index (χ1v) is 6.41. The highest BCUT2D eigenvalue weighted by Gasteiger charge is 2.12. The van der Waals surface area contributed by atoms with Crippen molar-refractivity contribution in [3.8, 4) is 0 Å². The maximum atomic E-state index is 12.9. The molecule has 1 aromatic rings. The molecule has 0 aliphatic carbocycles. The molecule has 2 nitrogen and oxygen atoms in total. The van der Waals surface area contributed by atoms with Crippen LogP contribution < -0.4 is 5.32 Å². The van der Waals surface area contributed by atoms with Gasteiger partial charge in [-0.3, -0.25) is 0 Å². The molecule has 94 valence electrons. The van der Waals surface area contributed by atoms with Crippen LogP contribution in [0.2, 0.25) is 0 Å². The van der Waals surface area contributed by atoms with E-state index in [0.29, 0.717) is 6.10 Å². The summed E-state index contributed by atoms with van der Waals surface area (Å²) in [5.41, 5.74) is 0.995. The zero-order valence-corrected chi connectivity index (χ0v) is 10.1. The zero-order valence-electron chi connectivity index (χ0n) is 10.1. The molecule has 1 aromatic carbocycles. The van der Waals surface area contributed by atoms with Crippen LogP contribution in [0.4, 0.5) is 4.39 Å². The number of hydrogen-bond acceptors (Lipinski definition) is 2. The molecule has 0 amide bonds. The molecule has 1 aliphatic heterocycles. The molecule has 1 unspecified atom stereocenters. The molecule has 2 rings (SSSR count). The van der Waals surface area contributed by atoms with Gasteiger partial charge >= 0.3 is 0 Å². The van der Waals surface area contributed by atoms with E-state index in [0.717, 1.165) is 31.7 Å². The van der Waals surface area contributed by atoms with Gasteiger partial charge in [-0.05, 0) is 49.9 Å². The Hall–Kier alpha value is -0.930. The van der Waals surface area contributed by atoms with Crippen molar-refractivity contribution in [1.29, 1.82) is 0 Å². The van der Waals surface area contributed by atoms with Crippen LogP contribution in [0.5, 0.6) is 0 Å². The van der Waals surface area contributed by atoms with E-state index in [1.165, 1.54) is 25.3 Å². The largest absolute Gasteiger partial charge is 0.378 e. The Morgan fingerprint density at radius 3 is 3.06 bits per heavy atom. The van der Waals surface area contributed by atoms with Crippen LogP contribution in [0.1, 0.15) is 31.2 Å². The van der Waals surface area contributed by atoms with Crippen molar-refractivity contribution in [2.24, 2.45) is 0 Å². The molecule has 3 heteroatoms. The topological polar surface area (TPSA) is 21.3 Å². The molecule has 0 radical (unpaired) electrons. The molecule has 1 atom stereocenters. The highest BCUT2D eigenvalue weighted by Crippen LogP contribution is 2.14. The van der Waals surface area contributed by atoms with Crippen LogP contribution in [0.25, 0.3) is 0 Å². The Morgan fingerprint density at radius 1 is 1.35 bits per heavy atom. The second kappa shape index (κ2) is 6.72. The van der Waals surface area contributed by atoms with Crippen molar-refractivity contribution in [2.75, 3.05) is 13.2 Å². The quantitative estimate of drug-likeness (QED) is 0.795. The minimum Gasteiger partial charge on any atom is -0.378 e. The predicted octanol–water partition coefficient (Wildman–Crippen LogP) is 2.87. The summed E-state index contributed by atoms with van der Waals surface area (Å²) < 4.78 is 18.6. The Bertz CT molecular complexity index is 337. The normalized spacial score (nSPS) is 20.4. The van der Waals surface area contributed by atoms with E-state index in [1.54, 1.807) is 12.1 Å². The number of rotatable bonds is 5. The Kier molecular flexibility index (Phi) is 4.95. The fourth-order valence-electron chi connectivity index (χ4n) is 2.18. The summed E-state index contributed by atoms with van der Waals surface area (Å²) in [6.45, 7) is 2.57. The molecule has 1 aliphatic rings. The summed E-state index contributed by atoms with van der Waals surface area (Å²) >= 11 is 0. The SMILES string of the molecule is Fc1cccc(CNCCC2CCCCO2)c1. The first-order valence-electron chi connectivity index (χ1n) is 6.41. The van der Waals surface area contributed by atoms with Gasteiger partial charge in [0.05, 0.1) is 6.10 Å². The summed E-state index contributed by atoms with van der Waals surface area (Å²) in [7, 11) is 0. The third-order valence-electron chi connectivity index (χ3n) is 3.14. The monoisotopic (exact) mass is 237 g/mol. The Labute approximate surface area is 102 Å². The molecule has 17 heavy (non-hydrogen) atoms. The lowest BCUT2D eigenvalue weighted by Crippen LogP contribution is -2.25. The van der Waals surface area contributed by atoms with Crippen molar-refractivity contribution in [3.05, 3.63) is 35.6 Å². The van der Waals surface area contributed by atoms with Crippen molar-refractivity contribution in [2.45, 2.75) is 38.3 Å². The smallest absolute Gasteiger partial charge is 0.123 e. The highest BCUT2D eigenvalue weighted by molar-refractivity contribution is 5.15. The van der Waals surface area contributed by atoms with Gasteiger partial charge in [-0.2, -0.15) is 0 Å². The number of nitrogens with one attached hydrogen (secondary N) is 1. The first kappa shape index (κ1) is 12.5. The third kappa shape index (κ3) is 4.44. The van der Waals surface area contributed by atoms with E-state index in [4.69, 9.17) is 4.74 Å². The molecule has 0 saturated carbocycles. The van der Waals surface area contributed by atoms with Crippen molar-refractivity contribution >= 4 is 0 Å². The van der Waals surface area contributed by atoms with Crippen LogP contribution in [0.3, 0.4) is 0 Å². The average molecular weight is 237 g/mol. The van der Waals surface area contributed by atoms with Crippen molar-refractivity contribution in [1.82, 2.24) is 5.32 Å². The molecule has 0 aromatic heterocycles. The number of hydrogen-bond donors (Lipinski definition) is 1. The van der Waals surface area contributed by atoms with Crippen molar-refractivity contribution < 1.29 is 9.13 Å². The van der Waals surface area contributed by atoms with Gasteiger partial charge in [0.25, 0.3) is 0 Å². The zero-order chi connectivity index (χ0) is 11.9. The highest BCUT2D eigenvalue weighted by atomic mass is 19.1. The Morgan fingerprint density at radius 2 is 2.29 bits per heavy atom. The average Bonchev–Trinajstić information content (AvgIpc) is 2.36. The fourth-order valence-corrected chi connectivity index (χ4v) is 2.18. The van der Waals surface area contributed by atoms with Crippen LogP contribution in [-0.4, -0.2) is 19.3 Å². The van der Waals surface area contributed by atoms with E-state index in [9.17, 15) is 4.39 Å². The van der Waals surface area contributed by atoms with E-state index in [2.05, 4.69) is 5.32 Å². The van der Waals surface area contributed by atoms with Gasteiger partial charge in [-0.15, -0.1) is 0 Å². The third-order valence-corrected chi connectivity index (χ3v) is 3.14. The van der Waals surface area contributed by atoms with E-state index >= 15 is 0 Å². The van der Waals surface area contributed by atoms with Gasteiger partial charge in [0.1, 0.15) is 5.82 Å². The molecule has 1 saturated heterocycles. The number of benzene rings is 1. The predicted molar refractivity (Wildman–Crippen MR) is 66.3 cm³/mol. The molecule has 1 heterocycles. The lowest BCUT2D eigenvalue weighted by atomic mass is 10.1. The molecule has 1 fully saturated rings. The van der Waals surface area contributed by atoms with Gasteiger partial charge in [-0.1, -0.05) is 12.1 Å². The number of halogens is 1. The van der Waals surface area contributed by atoms with E-state index in [1.807, 2.05) is 6.07 Å². The van der Waals surface area contributed by atoms with Gasteiger partial charge < -0.3 is 10.1 Å². The maximum absolute atomic E-state index is 12.9. The van der Waals surface area contributed by atoms with E-state index in [-0.39, 0.29) is 5.82 Å². The summed E-state index contributed by atoms with van der Waals surface area (Å²) in [6.07, 6.45) is 5.14. The van der Waals surface area contributed by atoms with Gasteiger partial charge in [0.2, 0.25) is 0 Å². The van der Waals surface area contributed by atoms with Crippen LogP contribution in [0.15, 0.2) is 24.3 Å². The van der Waals surface area contributed by atoms with Crippen LogP contribution in [-0.2, 0) is 11.3 Å². The number of ether oxygens (including phenoxy) is 1.